The number of thioether (sulfide) groups is 1. The van der Waals surface area contributed by atoms with E-state index in [1.165, 1.54) is 46.4 Å². The van der Waals surface area contributed by atoms with Crippen molar-refractivity contribution < 1.29 is 27.5 Å². The molecule has 1 aliphatic rings. The average molecular weight is 595 g/mol. The van der Waals surface area contributed by atoms with Crippen LogP contribution in [0.1, 0.15) is 11.1 Å². The van der Waals surface area contributed by atoms with Gasteiger partial charge in [-0.3, -0.25) is 9.69 Å². The minimum Gasteiger partial charge on any atom is -0.406 e. The molecular weight excluding hydrogens is 573 g/mol. The fourth-order valence-corrected chi connectivity index (χ4v) is 4.70. The largest absolute Gasteiger partial charge is 0.573 e. The van der Waals surface area contributed by atoms with Crippen LogP contribution >= 0.6 is 11.8 Å². The lowest BCUT2D eigenvalue weighted by atomic mass is 10.1. The predicted octanol–water partition coefficient (Wildman–Crippen LogP) is 4.90. The van der Waals surface area contributed by atoms with Crippen molar-refractivity contribution in [2.24, 2.45) is 10.1 Å². The number of nitrogens with zero attached hydrogens (tertiary/aromatic N) is 6. The van der Waals surface area contributed by atoms with Gasteiger partial charge in [0, 0.05) is 5.56 Å². The summed E-state index contributed by atoms with van der Waals surface area (Å²) in [6.45, 7) is 1.87. The number of hydrazone groups is 1. The van der Waals surface area contributed by atoms with Crippen LogP contribution in [0.15, 0.2) is 83.2 Å². The summed E-state index contributed by atoms with van der Waals surface area (Å²) in [6.07, 6.45) is -1.91. The van der Waals surface area contributed by atoms with Gasteiger partial charge in [-0.15, -0.1) is 18.3 Å². The van der Waals surface area contributed by atoms with Crippen LogP contribution in [0.5, 0.6) is 5.75 Å². The lowest BCUT2D eigenvalue weighted by molar-refractivity contribution is -0.274. The maximum absolute atomic E-state index is 12.4. The average Bonchev–Trinajstić information content (AvgIpc) is 3.57. The molecule has 0 spiro atoms. The summed E-state index contributed by atoms with van der Waals surface area (Å²) in [7, 11) is 0. The van der Waals surface area contributed by atoms with E-state index in [-0.39, 0.29) is 22.6 Å². The first-order valence-corrected chi connectivity index (χ1v) is 13.2. The molecule has 4 aromatic rings. The van der Waals surface area contributed by atoms with Crippen LogP contribution in [0.25, 0.3) is 17.1 Å². The van der Waals surface area contributed by atoms with E-state index in [9.17, 15) is 22.8 Å². The van der Waals surface area contributed by atoms with Crippen molar-refractivity contribution in [1.29, 1.82) is 0 Å². The quantitative estimate of drug-likeness (QED) is 0.184. The molecule has 0 unspecified atom stereocenters. The van der Waals surface area contributed by atoms with Crippen LogP contribution in [-0.4, -0.2) is 50.2 Å². The first-order chi connectivity index (χ1) is 20.1. The number of amides is 3. The van der Waals surface area contributed by atoms with Crippen LogP contribution in [0.3, 0.4) is 0 Å². The van der Waals surface area contributed by atoms with E-state index in [4.69, 9.17) is 5.73 Å². The number of amidine groups is 1. The van der Waals surface area contributed by atoms with Gasteiger partial charge in [-0.25, -0.2) is 19.9 Å². The van der Waals surface area contributed by atoms with Crippen LogP contribution in [0.2, 0.25) is 0 Å². The number of anilines is 2. The van der Waals surface area contributed by atoms with Crippen molar-refractivity contribution in [1.82, 2.24) is 20.2 Å². The van der Waals surface area contributed by atoms with Crippen molar-refractivity contribution in [3.8, 4) is 22.8 Å². The van der Waals surface area contributed by atoms with Gasteiger partial charge in [0.05, 0.1) is 29.0 Å². The molecule has 1 aromatic heterocycles. The molecule has 15 heteroatoms. The molecule has 3 amide bonds. The molecule has 2 heterocycles. The Morgan fingerprint density at radius 1 is 1.12 bits per heavy atom. The Morgan fingerprint density at radius 3 is 2.57 bits per heavy atom. The van der Waals surface area contributed by atoms with Gasteiger partial charge in [0.15, 0.2) is 11.0 Å². The Labute approximate surface area is 240 Å². The molecular formula is C27H21F3N8O3S. The Morgan fingerprint density at radius 2 is 1.86 bits per heavy atom. The Balaban J connectivity index is 1.20. The van der Waals surface area contributed by atoms with E-state index in [0.29, 0.717) is 34.0 Å². The second-order valence-electron chi connectivity index (χ2n) is 8.83. The second-order valence-corrected chi connectivity index (χ2v) is 9.77. The third-order valence-electron chi connectivity index (χ3n) is 5.76. The predicted molar refractivity (Wildman–Crippen MR) is 153 cm³/mol. The Bertz CT molecular complexity index is 1690. The molecule has 3 aromatic carbocycles. The minimum absolute atomic E-state index is 0.130. The third kappa shape index (κ3) is 6.75. The second kappa shape index (κ2) is 11.7. The number of aromatic nitrogens is 3. The summed E-state index contributed by atoms with van der Waals surface area (Å²) in [5.74, 6) is -0.0546. The third-order valence-corrected chi connectivity index (χ3v) is 6.68. The van der Waals surface area contributed by atoms with Gasteiger partial charge in [-0.1, -0.05) is 42.1 Å². The fraction of sp³-hybridized carbons (Fsp3) is 0.111. The number of nitrogens with one attached hydrogen (secondary N) is 1. The fourth-order valence-electron chi connectivity index (χ4n) is 3.84. The summed E-state index contributed by atoms with van der Waals surface area (Å²) in [5, 5.41) is 8.48. The maximum atomic E-state index is 12.4. The minimum atomic E-state index is -4.77. The van der Waals surface area contributed by atoms with Gasteiger partial charge in [0.25, 0.3) is 0 Å². The summed E-state index contributed by atoms with van der Waals surface area (Å²) in [6, 6.07) is 16.7. The van der Waals surface area contributed by atoms with Crippen molar-refractivity contribution in [2.45, 2.75) is 13.3 Å². The number of rotatable bonds is 6. The smallest absolute Gasteiger partial charge is 0.406 e. The Kier molecular flexibility index (Phi) is 7.93. The number of hydrogen-bond donors (Lipinski definition) is 2. The standard InChI is InChI=1S/C27H21F3N8O3S/c1-16-2-11-21(31)22(12-16)38-23(39)14-42-26(38)34-25(40)35-33-13-17-3-5-18(6-4-17)24-32-15-37(36-24)19-7-9-20(10-8-19)41-27(28,29)30/h2-13,15H,14,31H2,1H3,(H,35,40)/b33-13+,34-26?. The van der Waals surface area contributed by atoms with E-state index >= 15 is 0 Å². The molecule has 0 aliphatic carbocycles. The van der Waals surface area contributed by atoms with Gasteiger partial charge in [0.2, 0.25) is 5.91 Å². The number of benzene rings is 3. The highest BCUT2D eigenvalue weighted by atomic mass is 32.2. The summed E-state index contributed by atoms with van der Waals surface area (Å²) < 4.78 is 42.4. The number of urea groups is 1. The molecule has 5 rings (SSSR count). The first kappa shape index (κ1) is 28.4. The zero-order valence-electron chi connectivity index (χ0n) is 21.7. The molecule has 0 atom stereocenters. The molecule has 0 saturated carbocycles. The first-order valence-electron chi connectivity index (χ1n) is 12.2. The van der Waals surface area contributed by atoms with Gasteiger partial charge < -0.3 is 10.5 Å². The topological polar surface area (TPSA) is 140 Å². The molecule has 214 valence electrons. The van der Waals surface area contributed by atoms with Gasteiger partial charge in [-0.05, 0) is 54.4 Å². The molecule has 1 saturated heterocycles. The highest BCUT2D eigenvalue weighted by Gasteiger charge is 2.32. The monoisotopic (exact) mass is 594 g/mol. The number of aryl methyl sites for hydroxylation is 1. The maximum Gasteiger partial charge on any atom is 0.573 e. The van der Waals surface area contributed by atoms with E-state index in [1.54, 1.807) is 36.4 Å². The zero-order valence-corrected chi connectivity index (χ0v) is 22.6. The van der Waals surface area contributed by atoms with Gasteiger partial charge in [-0.2, -0.15) is 10.1 Å². The van der Waals surface area contributed by atoms with Crippen molar-refractivity contribution in [3.05, 3.63) is 84.2 Å². The lowest BCUT2D eigenvalue weighted by Crippen LogP contribution is -2.31. The number of nitrogen functional groups attached to an aromatic ring is 1. The normalized spacial score (nSPS) is 14.6. The van der Waals surface area contributed by atoms with E-state index in [2.05, 4.69) is 30.3 Å². The number of carbonyl (C=O) groups excluding carboxylic acids is 2. The summed E-state index contributed by atoms with van der Waals surface area (Å²) in [4.78, 5) is 34.4. The van der Waals surface area contributed by atoms with Crippen LogP contribution in [0, 0.1) is 6.92 Å². The van der Waals surface area contributed by atoms with Gasteiger partial charge >= 0.3 is 12.4 Å². The number of alkyl halides is 3. The van der Waals surface area contributed by atoms with E-state index < -0.39 is 12.4 Å². The van der Waals surface area contributed by atoms with Crippen molar-refractivity contribution >= 4 is 46.5 Å². The highest BCUT2D eigenvalue weighted by Crippen LogP contribution is 2.32. The SMILES string of the molecule is Cc1ccc(N)c(N2C(=O)CSC2=NC(=O)N/N=C/c2ccc(-c3ncn(-c4ccc(OC(F)(F)F)cc4)n3)cc2)c1. The molecule has 0 radical (unpaired) electrons. The van der Waals surface area contributed by atoms with Crippen LogP contribution < -0.4 is 20.8 Å². The number of ether oxygens (including phenoxy) is 1. The number of nitrogens with two attached hydrogens (primary N) is 1. The number of aliphatic imine (C=N–C) groups is 1. The van der Waals surface area contributed by atoms with Crippen LogP contribution in [-0.2, 0) is 4.79 Å². The number of halogens is 3. The molecule has 1 fully saturated rings. The van der Waals surface area contributed by atoms with E-state index in [0.717, 1.165) is 17.3 Å². The Hall–Kier alpha value is -5.18. The highest BCUT2D eigenvalue weighted by molar-refractivity contribution is 8.15. The van der Waals surface area contributed by atoms with Crippen molar-refractivity contribution in [2.75, 3.05) is 16.4 Å². The summed E-state index contributed by atoms with van der Waals surface area (Å²) >= 11 is 1.13. The lowest BCUT2D eigenvalue weighted by Gasteiger charge is -2.18. The zero-order chi connectivity index (χ0) is 29.9. The molecule has 11 nitrogen and oxygen atoms in total. The van der Waals surface area contributed by atoms with Crippen molar-refractivity contribution in [3.63, 3.8) is 0 Å². The number of carbonyl (C=O) groups is 2. The summed E-state index contributed by atoms with van der Waals surface area (Å²) in [5.41, 5.74) is 11.9. The number of hydrogen-bond acceptors (Lipinski definition) is 8. The molecule has 42 heavy (non-hydrogen) atoms. The molecule has 0 bridgehead atoms. The van der Waals surface area contributed by atoms with E-state index in [1.807, 2.05) is 13.0 Å². The molecule has 1 aliphatic heterocycles. The molecule has 3 N–H and O–H groups in total. The van der Waals surface area contributed by atoms with Crippen LogP contribution in [0.4, 0.5) is 29.3 Å². The van der Waals surface area contributed by atoms with Gasteiger partial charge in [0.1, 0.15) is 12.1 Å².